The molecule has 1 aliphatic heterocycles. The molecule has 0 bridgehead atoms. The molecule has 0 atom stereocenters. The summed E-state index contributed by atoms with van der Waals surface area (Å²) in [7, 11) is 0. The molecule has 59 valence electrons. The summed E-state index contributed by atoms with van der Waals surface area (Å²) in [5, 5.41) is 0. The third kappa shape index (κ3) is 1.02. The summed E-state index contributed by atoms with van der Waals surface area (Å²) < 4.78 is 14.7. The van der Waals surface area contributed by atoms with Crippen molar-refractivity contribution in [3.05, 3.63) is 33.4 Å². The summed E-state index contributed by atoms with van der Waals surface area (Å²) in [6.07, 6.45) is 0. The molecule has 0 unspecified atom stereocenters. The van der Waals surface area contributed by atoms with E-state index in [1.54, 1.807) is 24.3 Å². The van der Waals surface area contributed by atoms with Crippen molar-refractivity contribution >= 4 is 5.97 Å². The van der Waals surface area contributed by atoms with Crippen molar-refractivity contribution in [1.82, 2.24) is 0 Å². The Kier molecular flexibility index (Phi) is 1.57. The first kappa shape index (κ1) is 7.05. The maximum atomic E-state index is 10.9. The van der Waals surface area contributed by atoms with Gasteiger partial charge in [0.25, 0.3) is 0 Å². The molecule has 1 heterocycles. The number of carbonyl (C=O) groups is 1. The van der Waals surface area contributed by atoms with Crippen LogP contribution in [0.15, 0.2) is 24.3 Å². The van der Waals surface area contributed by atoms with Crippen LogP contribution >= 0.6 is 0 Å². The molecule has 11 heavy (non-hydrogen) atoms. The van der Waals surface area contributed by atoms with Crippen LogP contribution < -0.4 is 20.6 Å². The summed E-state index contributed by atoms with van der Waals surface area (Å²) >= 11 is -2.52. The van der Waals surface area contributed by atoms with Crippen LogP contribution in [0, 0.1) is 3.57 Å². The van der Waals surface area contributed by atoms with Crippen molar-refractivity contribution in [3.8, 4) is 0 Å². The summed E-state index contributed by atoms with van der Waals surface area (Å²) in [5.74, 6) is -0.381. The van der Waals surface area contributed by atoms with E-state index in [9.17, 15) is 8.23 Å². The number of fused-ring (bicyclic) bond motifs is 1. The Morgan fingerprint density at radius 1 is 1.36 bits per heavy atom. The van der Waals surface area contributed by atoms with Crippen LogP contribution in [0.4, 0.5) is 0 Å². The van der Waals surface area contributed by atoms with E-state index >= 15 is 0 Å². The molecule has 0 saturated carbocycles. The van der Waals surface area contributed by atoms with E-state index < -0.39 is 20.6 Å². The van der Waals surface area contributed by atoms with Crippen LogP contribution in [0.2, 0.25) is 0 Å². The second-order valence-corrected chi connectivity index (χ2v) is 4.99. The first-order valence-corrected chi connectivity index (χ1v) is 5.92. The van der Waals surface area contributed by atoms with Crippen molar-refractivity contribution in [1.29, 1.82) is 0 Å². The Bertz CT molecular complexity index is 310. The predicted octanol–water partition coefficient (Wildman–Crippen LogP) is -2.53. The van der Waals surface area contributed by atoms with Gasteiger partial charge in [-0.1, -0.05) is 0 Å². The van der Waals surface area contributed by atoms with Gasteiger partial charge in [0.05, 0.1) is 0 Å². The molecule has 1 aromatic carbocycles. The Hall–Kier alpha value is -0.620. The topological polar surface area (TPSA) is 46.5 Å². The second kappa shape index (κ2) is 2.46. The van der Waals surface area contributed by atoms with Gasteiger partial charge in [-0.05, 0) is 0 Å². The molecule has 0 fully saturated rings. The van der Waals surface area contributed by atoms with Gasteiger partial charge in [0.2, 0.25) is 0 Å². The van der Waals surface area contributed by atoms with Gasteiger partial charge in [-0.25, -0.2) is 0 Å². The molecule has 1 N–H and O–H groups in total. The quantitative estimate of drug-likeness (QED) is 0.526. The van der Waals surface area contributed by atoms with Crippen molar-refractivity contribution in [2.45, 2.75) is 0 Å². The van der Waals surface area contributed by atoms with Gasteiger partial charge in [0, 0.05) is 0 Å². The Morgan fingerprint density at radius 3 is 2.82 bits per heavy atom. The minimum atomic E-state index is -2.52. The fraction of sp³-hybridized carbons (Fsp3) is 0. The number of benzene rings is 1. The molecule has 3 nitrogen and oxygen atoms in total. The summed E-state index contributed by atoms with van der Waals surface area (Å²) in [6.45, 7) is 0. The number of hydrogen-bond acceptors (Lipinski definition) is 3. The number of rotatable bonds is 0. The van der Waals surface area contributed by atoms with E-state index in [1.165, 1.54) is 0 Å². The zero-order valence-electron chi connectivity index (χ0n) is 5.45. The van der Waals surface area contributed by atoms with Crippen LogP contribution in [0.5, 0.6) is 0 Å². The average Bonchev–Trinajstić information content (AvgIpc) is 2.30. The molecule has 1 aliphatic rings. The second-order valence-electron chi connectivity index (χ2n) is 2.08. The summed E-state index contributed by atoms with van der Waals surface area (Å²) in [5.41, 5.74) is 0.528. The van der Waals surface area contributed by atoms with Crippen molar-refractivity contribution in [2.24, 2.45) is 0 Å². The van der Waals surface area contributed by atoms with Crippen molar-refractivity contribution in [2.75, 3.05) is 0 Å². The number of halogens is 1. The summed E-state index contributed by atoms with van der Waals surface area (Å²) in [4.78, 5) is 10.9. The van der Waals surface area contributed by atoms with E-state index in [-0.39, 0.29) is 5.97 Å². The molecule has 0 saturated heterocycles. The fourth-order valence-electron chi connectivity index (χ4n) is 0.917. The van der Waals surface area contributed by atoms with Gasteiger partial charge in [0.15, 0.2) is 0 Å². The first-order chi connectivity index (χ1) is 5.29. The predicted molar refractivity (Wildman–Crippen MR) is 32.8 cm³/mol. The SMILES string of the molecule is O=C1O[I-](O)c2ccccc21. The van der Waals surface area contributed by atoms with Gasteiger partial charge in [-0.15, -0.1) is 0 Å². The van der Waals surface area contributed by atoms with Crippen LogP contribution in [-0.4, -0.2) is 9.41 Å². The maximum absolute atomic E-state index is 10.9. The van der Waals surface area contributed by atoms with Crippen LogP contribution in [-0.2, 0) is 3.07 Å². The molecule has 1 aromatic rings. The van der Waals surface area contributed by atoms with Gasteiger partial charge in [-0.2, -0.15) is 0 Å². The molecule has 2 rings (SSSR count). The molecule has 0 amide bonds. The zero-order chi connectivity index (χ0) is 7.84. The van der Waals surface area contributed by atoms with Crippen LogP contribution in [0.1, 0.15) is 10.4 Å². The molecule has 0 spiro atoms. The van der Waals surface area contributed by atoms with E-state index in [0.717, 1.165) is 0 Å². The molecular formula is C7H5IO3-. The molecule has 0 aromatic heterocycles. The van der Waals surface area contributed by atoms with Crippen molar-refractivity contribution < 1.29 is 31.9 Å². The summed E-state index contributed by atoms with van der Waals surface area (Å²) in [6, 6.07) is 6.97. The van der Waals surface area contributed by atoms with Gasteiger partial charge < -0.3 is 0 Å². The monoisotopic (exact) mass is 264 g/mol. The van der Waals surface area contributed by atoms with E-state index in [4.69, 9.17) is 3.07 Å². The number of hydrogen-bond donors (Lipinski definition) is 1. The van der Waals surface area contributed by atoms with Crippen molar-refractivity contribution in [3.63, 3.8) is 0 Å². The van der Waals surface area contributed by atoms with E-state index in [2.05, 4.69) is 0 Å². The Balaban J connectivity index is 2.60. The average molecular weight is 264 g/mol. The molecule has 4 heteroatoms. The minimum absolute atomic E-state index is 0.381. The number of carbonyl (C=O) groups excluding carboxylic acids is 1. The third-order valence-electron chi connectivity index (χ3n) is 1.41. The van der Waals surface area contributed by atoms with Gasteiger partial charge >= 0.3 is 71.3 Å². The van der Waals surface area contributed by atoms with Gasteiger partial charge in [-0.3, -0.25) is 0 Å². The van der Waals surface area contributed by atoms with Gasteiger partial charge in [0.1, 0.15) is 0 Å². The molecular weight excluding hydrogens is 259 g/mol. The van der Waals surface area contributed by atoms with E-state index in [0.29, 0.717) is 9.13 Å². The molecule has 1 radical (unpaired) electrons. The fourth-order valence-corrected chi connectivity index (χ4v) is 3.18. The molecule has 0 aliphatic carbocycles. The Morgan fingerprint density at radius 2 is 2.09 bits per heavy atom. The first-order valence-electron chi connectivity index (χ1n) is 3.00. The standard InChI is InChI=1S/C7H5IO3/c9-7-5-3-1-2-4-6(5)8(10)11-7/h1-4,10H/q-1. The zero-order valence-corrected chi connectivity index (χ0v) is 7.61. The van der Waals surface area contributed by atoms with Crippen LogP contribution in [0.25, 0.3) is 0 Å². The Labute approximate surface area is 71.5 Å². The third-order valence-corrected chi connectivity index (χ3v) is 4.16. The normalized spacial score (nSPS) is 17.9. The van der Waals surface area contributed by atoms with E-state index in [1.807, 2.05) is 0 Å². The van der Waals surface area contributed by atoms with Crippen LogP contribution in [0.3, 0.4) is 0 Å².